The molecule has 1 fully saturated rings. The largest absolute Gasteiger partial charge is 0.303 e. The second-order valence-corrected chi connectivity index (χ2v) is 5.76. The summed E-state index contributed by atoms with van der Waals surface area (Å²) in [7, 11) is 0. The SMILES string of the molecule is CCC(C)N1CCN(CC(C=O)(CC)CC)CC1. The summed E-state index contributed by atoms with van der Waals surface area (Å²) < 4.78 is 0. The Balaban J connectivity index is 2.46. The van der Waals surface area contributed by atoms with E-state index in [-0.39, 0.29) is 5.41 Å². The third-order valence-electron chi connectivity index (χ3n) is 4.82. The van der Waals surface area contributed by atoms with Gasteiger partial charge in [-0.3, -0.25) is 9.80 Å². The quantitative estimate of drug-likeness (QED) is 0.652. The molecule has 0 bridgehead atoms. The van der Waals surface area contributed by atoms with Gasteiger partial charge in [0.1, 0.15) is 6.29 Å². The minimum atomic E-state index is -0.113. The van der Waals surface area contributed by atoms with Crippen LogP contribution in [0.2, 0.25) is 0 Å². The van der Waals surface area contributed by atoms with E-state index in [1.54, 1.807) is 0 Å². The van der Waals surface area contributed by atoms with Crippen molar-refractivity contribution < 1.29 is 4.79 Å². The van der Waals surface area contributed by atoms with Gasteiger partial charge in [0.25, 0.3) is 0 Å². The first-order chi connectivity index (χ1) is 8.60. The van der Waals surface area contributed by atoms with Crippen molar-refractivity contribution in [2.24, 2.45) is 5.41 Å². The lowest BCUT2D eigenvalue weighted by atomic mass is 9.83. The summed E-state index contributed by atoms with van der Waals surface area (Å²) >= 11 is 0. The Kier molecular flexibility index (Phi) is 6.30. The minimum absolute atomic E-state index is 0.113. The number of hydrogen-bond donors (Lipinski definition) is 0. The summed E-state index contributed by atoms with van der Waals surface area (Å²) in [5, 5.41) is 0. The lowest BCUT2D eigenvalue weighted by Crippen LogP contribution is -2.52. The number of nitrogens with zero attached hydrogens (tertiary/aromatic N) is 2. The van der Waals surface area contributed by atoms with Gasteiger partial charge in [-0.25, -0.2) is 0 Å². The van der Waals surface area contributed by atoms with Crippen LogP contribution in [0.25, 0.3) is 0 Å². The number of carbonyl (C=O) groups is 1. The molecule has 0 aromatic carbocycles. The molecular weight excluding hydrogens is 224 g/mol. The highest BCUT2D eigenvalue weighted by atomic mass is 16.1. The standard InChI is InChI=1S/C15H30N2O/c1-5-14(4)17-10-8-16(9-11-17)12-15(6-2,7-3)13-18/h13-14H,5-12H2,1-4H3. The van der Waals surface area contributed by atoms with Crippen molar-refractivity contribution in [3.05, 3.63) is 0 Å². The topological polar surface area (TPSA) is 23.6 Å². The van der Waals surface area contributed by atoms with Crippen LogP contribution in [0.1, 0.15) is 47.0 Å². The van der Waals surface area contributed by atoms with E-state index >= 15 is 0 Å². The Morgan fingerprint density at radius 2 is 1.67 bits per heavy atom. The first kappa shape index (κ1) is 15.6. The lowest BCUT2D eigenvalue weighted by Gasteiger charge is -2.41. The van der Waals surface area contributed by atoms with Crippen LogP contribution in [0.4, 0.5) is 0 Å². The van der Waals surface area contributed by atoms with E-state index in [2.05, 4.69) is 37.5 Å². The summed E-state index contributed by atoms with van der Waals surface area (Å²) in [6.45, 7) is 14.3. The molecule has 1 aliphatic heterocycles. The molecule has 1 rings (SSSR count). The fourth-order valence-electron chi connectivity index (χ4n) is 2.74. The first-order valence-corrected chi connectivity index (χ1v) is 7.53. The highest BCUT2D eigenvalue weighted by Gasteiger charge is 2.30. The maximum absolute atomic E-state index is 11.3. The van der Waals surface area contributed by atoms with Gasteiger partial charge in [0.05, 0.1) is 0 Å². The molecule has 0 aromatic heterocycles. The van der Waals surface area contributed by atoms with Gasteiger partial charge in [-0.2, -0.15) is 0 Å². The van der Waals surface area contributed by atoms with Crippen LogP contribution >= 0.6 is 0 Å². The van der Waals surface area contributed by atoms with Crippen molar-refractivity contribution in [2.45, 2.75) is 53.0 Å². The Morgan fingerprint density at radius 1 is 1.11 bits per heavy atom. The van der Waals surface area contributed by atoms with Crippen LogP contribution in [0.3, 0.4) is 0 Å². The predicted octanol–water partition coefficient (Wildman–Crippen LogP) is 2.41. The zero-order chi connectivity index (χ0) is 13.6. The van der Waals surface area contributed by atoms with Crippen LogP contribution in [0.5, 0.6) is 0 Å². The summed E-state index contributed by atoms with van der Waals surface area (Å²) in [5.41, 5.74) is -0.113. The van der Waals surface area contributed by atoms with Crippen molar-refractivity contribution in [2.75, 3.05) is 32.7 Å². The van der Waals surface area contributed by atoms with Gasteiger partial charge in [0, 0.05) is 44.2 Å². The van der Waals surface area contributed by atoms with Gasteiger partial charge in [0.15, 0.2) is 0 Å². The van der Waals surface area contributed by atoms with Crippen LogP contribution in [-0.2, 0) is 4.79 Å². The van der Waals surface area contributed by atoms with Crippen LogP contribution in [0.15, 0.2) is 0 Å². The monoisotopic (exact) mass is 254 g/mol. The molecule has 0 aromatic rings. The van der Waals surface area contributed by atoms with Crippen molar-refractivity contribution in [1.29, 1.82) is 0 Å². The second kappa shape index (κ2) is 7.25. The smallest absolute Gasteiger partial charge is 0.127 e. The second-order valence-electron chi connectivity index (χ2n) is 5.76. The molecule has 0 spiro atoms. The Labute approximate surface area is 113 Å². The maximum Gasteiger partial charge on any atom is 0.127 e. The van der Waals surface area contributed by atoms with E-state index in [1.165, 1.54) is 12.7 Å². The van der Waals surface area contributed by atoms with Crippen molar-refractivity contribution in [3.63, 3.8) is 0 Å². The van der Waals surface area contributed by atoms with Gasteiger partial charge in [0.2, 0.25) is 0 Å². The van der Waals surface area contributed by atoms with Crippen molar-refractivity contribution in [1.82, 2.24) is 9.80 Å². The van der Waals surface area contributed by atoms with E-state index in [4.69, 9.17) is 0 Å². The first-order valence-electron chi connectivity index (χ1n) is 7.53. The molecule has 0 amide bonds. The van der Waals surface area contributed by atoms with Crippen molar-refractivity contribution >= 4 is 6.29 Å². The van der Waals surface area contributed by atoms with Crippen molar-refractivity contribution in [3.8, 4) is 0 Å². The number of carbonyl (C=O) groups excluding carboxylic acids is 1. The fourth-order valence-corrected chi connectivity index (χ4v) is 2.74. The summed E-state index contributed by atoms with van der Waals surface area (Å²) in [6.07, 6.45) is 4.33. The predicted molar refractivity (Wildman–Crippen MR) is 76.8 cm³/mol. The molecule has 18 heavy (non-hydrogen) atoms. The molecule has 3 heteroatoms. The highest BCUT2D eigenvalue weighted by molar-refractivity contribution is 5.59. The summed E-state index contributed by atoms with van der Waals surface area (Å²) in [6, 6.07) is 0.695. The average Bonchev–Trinajstić information content (AvgIpc) is 2.45. The van der Waals surface area contributed by atoms with E-state index in [0.717, 1.165) is 45.6 Å². The molecule has 1 heterocycles. The molecule has 0 saturated carbocycles. The molecule has 1 aliphatic rings. The third-order valence-corrected chi connectivity index (χ3v) is 4.82. The molecule has 0 N–H and O–H groups in total. The molecule has 1 unspecified atom stereocenters. The zero-order valence-electron chi connectivity index (χ0n) is 12.6. The van der Waals surface area contributed by atoms with E-state index in [1.807, 2.05) is 0 Å². The minimum Gasteiger partial charge on any atom is -0.303 e. The third kappa shape index (κ3) is 3.79. The van der Waals surface area contributed by atoms with Gasteiger partial charge in [-0.1, -0.05) is 20.8 Å². The maximum atomic E-state index is 11.3. The molecule has 0 radical (unpaired) electrons. The zero-order valence-corrected chi connectivity index (χ0v) is 12.6. The average molecular weight is 254 g/mol. The molecule has 1 saturated heterocycles. The summed E-state index contributed by atoms with van der Waals surface area (Å²) in [4.78, 5) is 16.4. The molecule has 0 aliphatic carbocycles. The van der Waals surface area contributed by atoms with E-state index < -0.39 is 0 Å². The lowest BCUT2D eigenvalue weighted by molar-refractivity contribution is -0.118. The highest BCUT2D eigenvalue weighted by Crippen LogP contribution is 2.25. The Morgan fingerprint density at radius 3 is 2.06 bits per heavy atom. The molecule has 106 valence electrons. The molecule has 1 atom stereocenters. The number of rotatable bonds is 7. The van der Waals surface area contributed by atoms with Crippen LogP contribution < -0.4 is 0 Å². The van der Waals surface area contributed by atoms with Gasteiger partial charge in [-0.05, 0) is 26.2 Å². The van der Waals surface area contributed by atoms with E-state index in [9.17, 15) is 4.79 Å². The van der Waals surface area contributed by atoms with Crippen LogP contribution in [0, 0.1) is 5.41 Å². The van der Waals surface area contributed by atoms with E-state index in [0.29, 0.717) is 6.04 Å². The molecule has 3 nitrogen and oxygen atoms in total. The van der Waals surface area contributed by atoms with Gasteiger partial charge >= 0.3 is 0 Å². The fraction of sp³-hybridized carbons (Fsp3) is 0.933. The Hall–Kier alpha value is -0.410. The van der Waals surface area contributed by atoms with Gasteiger partial charge < -0.3 is 4.79 Å². The van der Waals surface area contributed by atoms with Crippen LogP contribution in [-0.4, -0.2) is 54.9 Å². The summed E-state index contributed by atoms with van der Waals surface area (Å²) in [5.74, 6) is 0. The number of hydrogen-bond acceptors (Lipinski definition) is 3. The number of aldehydes is 1. The Bertz CT molecular complexity index is 243. The molecular formula is C15H30N2O. The van der Waals surface area contributed by atoms with Gasteiger partial charge in [-0.15, -0.1) is 0 Å². The number of piperazine rings is 1. The normalized spacial score (nSPS) is 20.9.